The zero-order chi connectivity index (χ0) is 22.3. The van der Waals surface area contributed by atoms with Crippen LogP contribution in [0.25, 0.3) is 16.9 Å². The molecule has 158 valence electrons. The monoisotopic (exact) mass is 426 g/mol. The summed E-state index contributed by atoms with van der Waals surface area (Å²) in [6.45, 7) is 0. The standard InChI is InChI=1S/C23H18N6O3/c30-23(25-19-7-3-1-4-8-19)26-24-15-18-16-28(20-9-5-2-6-10-20)27-22(18)17-11-13-21(14-12-17)29(31)32/h1-16H,(H2,25,26,30). The number of anilines is 1. The number of hydrogen-bond acceptors (Lipinski definition) is 5. The number of benzene rings is 3. The summed E-state index contributed by atoms with van der Waals surface area (Å²) < 4.78 is 1.68. The molecule has 0 saturated heterocycles. The van der Waals surface area contributed by atoms with Crippen LogP contribution in [0, 0.1) is 10.1 Å². The molecule has 2 N–H and O–H groups in total. The number of rotatable bonds is 6. The molecule has 0 unspecified atom stereocenters. The van der Waals surface area contributed by atoms with Gasteiger partial charge in [0.05, 0.1) is 16.8 Å². The second-order valence-corrected chi connectivity index (χ2v) is 6.71. The van der Waals surface area contributed by atoms with Gasteiger partial charge in [-0.25, -0.2) is 14.9 Å². The highest BCUT2D eigenvalue weighted by molar-refractivity contribution is 5.92. The first-order chi connectivity index (χ1) is 15.6. The third-order valence-electron chi connectivity index (χ3n) is 4.52. The number of nitrogens with zero attached hydrogens (tertiary/aromatic N) is 4. The summed E-state index contributed by atoms with van der Waals surface area (Å²) in [6.07, 6.45) is 3.25. The Bertz CT molecular complexity index is 1250. The first kappa shape index (κ1) is 20.5. The van der Waals surface area contributed by atoms with Crippen LogP contribution in [0.4, 0.5) is 16.2 Å². The fraction of sp³-hybridized carbons (Fsp3) is 0. The van der Waals surface area contributed by atoms with Gasteiger partial charge in [-0.2, -0.15) is 10.2 Å². The summed E-state index contributed by atoms with van der Waals surface area (Å²) in [5, 5.41) is 22.3. The van der Waals surface area contributed by atoms with E-state index < -0.39 is 11.0 Å². The summed E-state index contributed by atoms with van der Waals surface area (Å²) >= 11 is 0. The Balaban J connectivity index is 1.59. The van der Waals surface area contributed by atoms with Crippen LogP contribution in [-0.4, -0.2) is 26.9 Å². The minimum absolute atomic E-state index is 0.00860. The van der Waals surface area contributed by atoms with E-state index >= 15 is 0 Å². The van der Waals surface area contributed by atoms with Crippen molar-refractivity contribution in [1.82, 2.24) is 15.2 Å². The maximum atomic E-state index is 12.1. The van der Waals surface area contributed by atoms with E-state index in [1.807, 2.05) is 48.5 Å². The molecule has 9 heteroatoms. The molecule has 0 bridgehead atoms. The van der Waals surface area contributed by atoms with E-state index in [-0.39, 0.29) is 5.69 Å². The van der Waals surface area contributed by atoms with E-state index in [0.29, 0.717) is 22.5 Å². The highest BCUT2D eigenvalue weighted by atomic mass is 16.6. The highest BCUT2D eigenvalue weighted by Gasteiger charge is 2.13. The molecule has 1 heterocycles. The lowest BCUT2D eigenvalue weighted by atomic mass is 10.1. The predicted octanol–water partition coefficient (Wildman–Crippen LogP) is 4.60. The maximum absolute atomic E-state index is 12.1. The number of urea groups is 1. The molecule has 4 rings (SSSR count). The molecule has 0 fully saturated rings. The second-order valence-electron chi connectivity index (χ2n) is 6.71. The van der Waals surface area contributed by atoms with Gasteiger partial charge in [0, 0.05) is 35.1 Å². The van der Waals surface area contributed by atoms with E-state index in [9.17, 15) is 14.9 Å². The number of aromatic nitrogens is 2. The molecule has 0 aliphatic rings. The number of nitro groups is 1. The summed E-state index contributed by atoms with van der Waals surface area (Å²) in [6, 6.07) is 24.1. The fourth-order valence-electron chi connectivity index (χ4n) is 3.00. The van der Waals surface area contributed by atoms with Gasteiger partial charge >= 0.3 is 6.03 Å². The number of para-hydroxylation sites is 2. The van der Waals surface area contributed by atoms with Crippen molar-refractivity contribution in [1.29, 1.82) is 0 Å². The molecule has 1 aromatic heterocycles. The van der Waals surface area contributed by atoms with Gasteiger partial charge in [-0.05, 0) is 36.4 Å². The van der Waals surface area contributed by atoms with Gasteiger partial charge < -0.3 is 5.32 Å². The summed E-state index contributed by atoms with van der Waals surface area (Å²) in [7, 11) is 0. The van der Waals surface area contributed by atoms with Crippen molar-refractivity contribution in [3.05, 3.63) is 107 Å². The van der Waals surface area contributed by atoms with Gasteiger partial charge in [0.25, 0.3) is 5.69 Å². The molecule has 0 atom stereocenters. The zero-order valence-corrected chi connectivity index (χ0v) is 16.8. The van der Waals surface area contributed by atoms with Crippen molar-refractivity contribution in [2.45, 2.75) is 0 Å². The topological polar surface area (TPSA) is 114 Å². The number of hydrazone groups is 1. The Morgan fingerprint density at radius 2 is 1.62 bits per heavy atom. The molecule has 0 aliphatic heterocycles. The van der Waals surface area contributed by atoms with Crippen LogP contribution in [-0.2, 0) is 0 Å². The molecular formula is C23H18N6O3. The molecular weight excluding hydrogens is 408 g/mol. The quantitative estimate of drug-likeness (QED) is 0.266. The van der Waals surface area contributed by atoms with E-state index in [2.05, 4.69) is 20.9 Å². The number of amides is 2. The molecule has 32 heavy (non-hydrogen) atoms. The Hall–Kier alpha value is -4.79. The molecule has 0 radical (unpaired) electrons. The largest absolute Gasteiger partial charge is 0.339 e. The van der Waals surface area contributed by atoms with Crippen molar-refractivity contribution in [2.75, 3.05) is 5.32 Å². The number of carbonyl (C=O) groups excluding carboxylic acids is 1. The number of non-ortho nitro benzene ring substituents is 1. The van der Waals surface area contributed by atoms with E-state index in [0.717, 1.165) is 5.69 Å². The van der Waals surface area contributed by atoms with Crippen molar-refractivity contribution in [3.63, 3.8) is 0 Å². The Labute approximate surface area is 183 Å². The molecule has 4 aromatic rings. The van der Waals surface area contributed by atoms with Gasteiger partial charge in [0.15, 0.2) is 0 Å². The average molecular weight is 426 g/mol. The minimum atomic E-state index is -0.486. The first-order valence-corrected chi connectivity index (χ1v) is 9.65. The van der Waals surface area contributed by atoms with E-state index in [1.165, 1.54) is 18.3 Å². The minimum Gasteiger partial charge on any atom is -0.307 e. The highest BCUT2D eigenvalue weighted by Crippen LogP contribution is 2.25. The van der Waals surface area contributed by atoms with Crippen molar-refractivity contribution < 1.29 is 9.72 Å². The van der Waals surface area contributed by atoms with Crippen LogP contribution in [0.15, 0.2) is 96.2 Å². The van der Waals surface area contributed by atoms with E-state index in [1.54, 1.807) is 35.1 Å². The van der Waals surface area contributed by atoms with Crippen LogP contribution in [0.1, 0.15) is 5.56 Å². The molecule has 2 amide bonds. The predicted molar refractivity (Wildman–Crippen MR) is 122 cm³/mol. The Kier molecular flexibility index (Phi) is 5.98. The van der Waals surface area contributed by atoms with Crippen LogP contribution in [0.2, 0.25) is 0 Å². The second kappa shape index (κ2) is 9.35. The lowest BCUT2D eigenvalue weighted by Crippen LogP contribution is -2.24. The number of hydrogen-bond donors (Lipinski definition) is 2. The lowest BCUT2D eigenvalue weighted by molar-refractivity contribution is -0.384. The van der Waals surface area contributed by atoms with Gasteiger partial charge in [0.2, 0.25) is 0 Å². The summed E-state index contributed by atoms with van der Waals surface area (Å²) in [4.78, 5) is 22.6. The van der Waals surface area contributed by atoms with Crippen LogP contribution >= 0.6 is 0 Å². The Morgan fingerprint density at radius 1 is 0.969 bits per heavy atom. The SMILES string of the molecule is O=C(NN=Cc1cn(-c2ccccc2)nc1-c1ccc([N+](=O)[O-])cc1)Nc1ccccc1. The molecule has 3 aromatic carbocycles. The zero-order valence-electron chi connectivity index (χ0n) is 16.8. The normalized spacial score (nSPS) is 10.8. The third-order valence-corrected chi connectivity index (χ3v) is 4.52. The summed E-state index contributed by atoms with van der Waals surface area (Å²) in [5.41, 5.74) is 5.77. The fourth-order valence-corrected chi connectivity index (χ4v) is 3.00. The maximum Gasteiger partial charge on any atom is 0.339 e. The van der Waals surface area contributed by atoms with Crippen molar-refractivity contribution in [3.8, 4) is 16.9 Å². The average Bonchev–Trinajstić information content (AvgIpc) is 3.24. The van der Waals surface area contributed by atoms with Crippen LogP contribution in [0.5, 0.6) is 0 Å². The number of carbonyl (C=O) groups is 1. The van der Waals surface area contributed by atoms with Crippen LogP contribution in [0.3, 0.4) is 0 Å². The Morgan fingerprint density at radius 3 is 2.28 bits per heavy atom. The molecule has 9 nitrogen and oxygen atoms in total. The third kappa shape index (κ3) is 4.85. The van der Waals surface area contributed by atoms with Crippen molar-refractivity contribution in [2.24, 2.45) is 5.10 Å². The molecule has 0 spiro atoms. The first-order valence-electron chi connectivity index (χ1n) is 9.65. The van der Waals surface area contributed by atoms with Gasteiger partial charge in [-0.3, -0.25) is 10.1 Å². The van der Waals surface area contributed by atoms with E-state index in [4.69, 9.17) is 0 Å². The molecule has 0 aliphatic carbocycles. The molecule has 0 saturated carbocycles. The lowest BCUT2D eigenvalue weighted by Gasteiger charge is -2.03. The smallest absolute Gasteiger partial charge is 0.307 e. The van der Waals surface area contributed by atoms with Gasteiger partial charge in [0.1, 0.15) is 5.69 Å². The van der Waals surface area contributed by atoms with Gasteiger partial charge in [-0.15, -0.1) is 0 Å². The van der Waals surface area contributed by atoms with Crippen LogP contribution < -0.4 is 10.7 Å². The van der Waals surface area contributed by atoms with Crippen molar-refractivity contribution >= 4 is 23.6 Å². The van der Waals surface area contributed by atoms with Gasteiger partial charge in [-0.1, -0.05) is 36.4 Å². The number of nitrogens with one attached hydrogen (secondary N) is 2. The number of nitro benzene ring substituents is 1. The summed E-state index contributed by atoms with van der Waals surface area (Å²) in [5.74, 6) is 0.